The number of carbonyl (C=O) groups is 4. The molecule has 2 fully saturated rings. The fourth-order valence-electron chi connectivity index (χ4n) is 8.66. The Morgan fingerprint density at radius 1 is 0.649 bits per heavy atom. The number of carbonyl (C=O) groups excluding carboxylic acids is 4. The molecule has 6 aromatic rings. The van der Waals surface area contributed by atoms with Crippen molar-refractivity contribution in [2.75, 3.05) is 77.4 Å². The molecular weight excluding hydrogens is 1040 g/mol. The minimum absolute atomic E-state index is 0.000198. The van der Waals surface area contributed by atoms with Gasteiger partial charge in [-0.2, -0.15) is 0 Å². The van der Waals surface area contributed by atoms with Gasteiger partial charge in [0.05, 0.1) is 76.1 Å². The number of aliphatic hydroxyl groups is 1. The summed E-state index contributed by atoms with van der Waals surface area (Å²) in [4.78, 5) is 70.4. The van der Waals surface area contributed by atoms with Crippen LogP contribution >= 0.6 is 46.4 Å². The predicted octanol–water partition coefficient (Wildman–Crippen LogP) is 5.53. The van der Waals surface area contributed by atoms with Crippen LogP contribution in [-0.2, 0) is 19.2 Å². The quantitative estimate of drug-likeness (QED) is 0.0430. The maximum Gasteiger partial charge on any atom is 0.248 e. The van der Waals surface area contributed by atoms with Crippen LogP contribution in [0.3, 0.4) is 0 Å². The largest absolute Gasteiger partial charge is 0.495 e. The molecule has 20 nitrogen and oxygen atoms in total. The summed E-state index contributed by atoms with van der Waals surface area (Å²) in [5.74, 6) is 0.169. The van der Waals surface area contributed by atoms with E-state index in [4.69, 9.17) is 76.1 Å². The minimum Gasteiger partial charge on any atom is -0.495 e. The zero-order valence-corrected chi connectivity index (χ0v) is 42.8. The Kier molecular flexibility index (Phi) is 16.7. The van der Waals surface area contributed by atoms with Crippen LogP contribution in [0, 0.1) is 0 Å². The molecule has 0 saturated carbocycles. The number of rotatable bonds is 19. The van der Waals surface area contributed by atoms with Crippen LogP contribution in [0.15, 0.2) is 86.2 Å². The van der Waals surface area contributed by atoms with Crippen LogP contribution < -0.4 is 45.9 Å². The number of benzene rings is 4. The van der Waals surface area contributed by atoms with Gasteiger partial charge in [-0.05, 0) is 47.5 Å². The van der Waals surface area contributed by atoms with Crippen LogP contribution in [0.25, 0.3) is 44.1 Å². The van der Waals surface area contributed by atoms with E-state index in [2.05, 4.69) is 49.4 Å². The summed E-state index contributed by atoms with van der Waals surface area (Å²) in [6, 6.07) is 12.2. The molecule has 386 valence electrons. The molecule has 4 amide bonds. The van der Waals surface area contributed by atoms with E-state index in [1.165, 1.54) is 25.2 Å². The lowest BCUT2D eigenvalue weighted by Gasteiger charge is -2.20. The SMILES string of the molecule is C=CC(=O)NC1CN(C(=O)CN)CC1Nc1ncc2cc(-c3c(Cl)c(OC)cc(OCCOc4cc(OC)c(Cl)c(-c5ccc6nc(NC7CN(C(=O)CO)CC7NC(=O)C=C)ncc6c5)c4Cl)c3Cl)ccc2n1. The van der Waals surface area contributed by atoms with E-state index in [0.29, 0.717) is 55.6 Å². The van der Waals surface area contributed by atoms with E-state index < -0.39 is 42.6 Å². The van der Waals surface area contributed by atoms with Gasteiger partial charge in [0.1, 0.15) is 42.8 Å². The van der Waals surface area contributed by atoms with Crippen LogP contribution in [0.1, 0.15) is 0 Å². The molecule has 2 aliphatic rings. The average molecular weight is 1090 g/mol. The third kappa shape index (κ3) is 11.4. The fraction of sp³-hybridized carbons (Fsp3) is 0.280. The van der Waals surface area contributed by atoms with Gasteiger partial charge in [0.25, 0.3) is 0 Å². The molecule has 0 radical (unpaired) electrons. The van der Waals surface area contributed by atoms with Crippen molar-refractivity contribution in [2.24, 2.45) is 5.73 Å². The van der Waals surface area contributed by atoms with Gasteiger partial charge in [-0.3, -0.25) is 19.2 Å². The van der Waals surface area contributed by atoms with Gasteiger partial charge in [0.15, 0.2) is 0 Å². The first-order valence-corrected chi connectivity index (χ1v) is 24.4. The summed E-state index contributed by atoms with van der Waals surface area (Å²) in [7, 11) is 2.95. The monoisotopic (exact) mass is 1090 g/mol. The number of amides is 4. The second-order valence-corrected chi connectivity index (χ2v) is 18.4. The van der Waals surface area contributed by atoms with Gasteiger partial charge in [-0.15, -0.1) is 0 Å². The second kappa shape index (κ2) is 23.3. The third-order valence-electron chi connectivity index (χ3n) is 12.4. The standard InChI is InChI=1S/C50H49Cl4N11O9/c1-5-39(67)58-31-20-64(41(69)17-55)22-33(31)62-49-56-18-27-13-25(7-9-29(27)60-49)43-45(51)35(71-3)15-37(47(43)53)73-11-12-74-38-16-36(72-4)46(52)44(48(38)54)26-8-10-30-28(14-26)19-57-50(61-30)63-34-23-65(42(70)24-66)21-32(34)59-40(68)6-2/h5-10,13-16,18-19,31-34,66H,1-2,11-12,17,20-24,55H2,3-4H3,(H,58,67)(H,59,68)(H,56,60,62)(H,57,61,63). The molecule has 2 aliphatic heterocycles. The molecule has 4 atom stereocenters. The predicted molar refractivity (Wildman–Crippen MR) is 282 cm³/mol. The van der Waals surface area contributed by atoms with Crippen molar-refractivity contribution >= 4 is 104 Å². The van der Waals surface area contributed by atoms with Crippen LogP contribution in [-0.4, -0.2) is 149 Å². The van der Waals surface area contributed by atoms with Gasteiger partial charge in [-0.25, -0.2) is 19.9 Å². The number of ether oxygens (including phenoxy) is 4. The highest BCUT2D eigenvalue weighted by Gasteiger charge is 2.37. The first-order chi connectivity index (χ1) is 35.7. The second-order valence-electron chi connectivity index (χ2n) is 16.9. The summed E-state index contributed by atoms with van der Waals surface area (Å²) in [5.41, 5.74) is 8.88. The van der Waals surface area contributed by atoms with E-state index in [1.807, 2.05) is 12.1 Å². The first kappa shape index (κ1) is 53.1. The number of hydrogen-bond donors (Lipinski definition) is 6. The summed E-state index contributed by atoms with van der Waals surface area (Å²) in [5, 5.41) is 23.8. The number of fused-ring (bicyclic) bond motifs is 2. The number of methoxy groups -OCH3 is 2. The zero-order valence-electron chi connectivity index (χ0n) is 39.8. The lowest BCUT2D eigenvalue weighted by molar-refractivity contribution is -0.133. The van der Waals surface area contributed by atoms with Crippen molar-refractivity contribution in [2.45, 2.75) is 24.2 Å². The molecule has 7 N–H and O–H groups in total. The molecule has 2 aromatic heterocycles. The number of halogens is 4. The highest BCUT2D eigenvalue weighted by molar-refractivity contribution is 6.42. The van der Waals surface area contributed by atoms with Gasteiger partial charge >= 0.3 is 0 Å². The molecule has 74 heavy (non-hydrogen) atoms. The first-order valence-electron chi connectivity index (χ1n) is 22.8. The zero-order chi connectivity index (χ0) is 52.8. The minimum atomic E-state index is -0.660. The van der Waals surface area contributed by atoms with Crippen molar-refractivity contribution in [1.82, 2.24) is 40.4 Å². The van der Waals surface area contributed by atoms with Gasteiger partial charge in [0, 0.05) is 72.6 Å². The molecule has 0 aliphatic carbocycles. The highest BCUT2D eigenvalue weighted by atomic mass is 35.5. The number of aromatic nitrogens is 4. The smallest absolute Gasteiger partial charge is 0.248 e. The van der Waals surface area contributed by atoms with E-state index >= 15 is 0 Å². The summed E-state index contributed by atoms with van der Waals surface area (Å²) >= 11 is 27.8. The van der Waals surface area contributed by atoms with Crippen LogP contribution in [0.4, 0.5) is 11.9 Å². The van der Waals surface area contributed by atoms with Gasteiger partial charge < -0.3 is 60.9 Å². The lowest BCUT2D eigenvalue weighted by Crippen LogP contribution is -2.45. The number of anilines is 2. The van der Waals surface area contributed by atoms with E-state index in [0.717, 1.165) is 6.08 Å². The van der Waals surface area contributed by atoms with Gasteiger partial charge in [-0.1, -0.05) is 71.7 Å². The summed E-state index contributed by atoms with van der Waals surface area (Å²) in [6.45, 7) is 7.13. The molecule has 4 aromatic carbocycles. The molecule has 8 rings (SSSR count). The maximum absolute atomic E-state index is 12.4. The number of nitrogens with two attached hydrogens (primary N) is 1. The molecule has 2 saturated heterocycles. The number of aliphatic hydroxyl groups excluding tert-OH is 1. The number of nitrogens with zero attached hydrogens (tertiary/aromatic N) is 6. The van der Waals surface area contributed by atoms with E-state index in [9.17, 15) is 24.3 Å². The van der Waals surface area contributed by atoms with Crippen molar-refractivity contribution in [3.63, 3.8) is 0 Å². The highest BCUT2D eigenvalue weighted by Crippen LogP contribution is 2.48. The van der Waals surface area contributed by atoms with Crippen molar-refractivity contribution < 1.29 is 43.2 Å². The molecule has 24 heteroatoms. The molecule has 4 unspecified atom stereocenters. The normalized spacial score (nSPS) is 17.2. The Labute approximate surface area is 444 Å². The van der Waals surface area contributed by atoms with Crippen molar-refractivity contribution in [3.05, 3.63) is 106 Å². The third-order valence-corrected chi connectivity index (χ3v) is 13.9. The maximum atomic E-state index is 12.4. The Hall–Kier alpha value is -7.20. The summed E-state index contributed by atoms with van der Waals surface area (Å²) < 4.78 is 23.6. The van der Waals surface area contributed by atoms with Crippen molar-refractivity contribution in [1.29, 1.82) is 0 Å². The van der Waals surface area contributed by atoms with E-state index in [-0.39, 0.29) is 101 Å². The van der Waals surface area contributed by atoms with Crippen LogP contribution in [0.5, 0.6) is 23.0 Å². The molecular formula is C50H49Cl4N11O9. The van der Waals surface area contributed by atoms with Crippen LogP contribution in [0.2, 0.25) is 20.1 Å². The molecule has 4 heterocycles. The summed E-state index contributed by atoms with van der Waals surface area (Å²) in [6.07, 6.45) is 5.56. The van der Waals surface area contributed by atoms with E-state index in [1.54, 1.807) is 53.7 Å². The van der Waals surface area contributed by atoms with Crippen molar-refractivity contribution in [3.8, 4) is 45.3 Å². The fourth-order valence-corrected chi connectivity index (χ4v) is 10.0. The Morgan fingerprint density at radius 2 is 1.05 bits per heavy atom. The topological polar surface area (TPSA) is 258 Å². The Bertz CT molecular complexity index is 2980. The number of hydrogen-bond acceptors (Lipinski definition) is 16. The lowest BCUT2D eigenvalue weighted by atomic mass is 10.0. The number of nitrogens with one attached hydrogen (secondary N) is 4. The van der Waals surface area contributed by atoms with Gasteiger partial charge in [0.2, 0.25) is 35.5 Å². The molecule has 0 bridgehead atoms. The average Bonchev–Trinajstić information content (AvgIpc) is 4.00. The Morgan fingerprint density at radius 3 is 1.45 bits per heavy atom. The number of likely N-dealkylation sites (tertiary alicyclic amines) is 2. The Balaban J connectivity index is 0.961. The molecule has 0 spiro atoms.